The quantitative estimate of drug-likeness (QED) is 0.199. The van der Waals surface area contributed by atoms with E-state index in [-0.39, 0.29) is 24.0 Å². The largest absolute Gasteiger partial charge is 0.370 e. The molecule has 0 saturated carbocycles. The maximum Gasteiger partial charge on any atom is 0.262 e. The van der Waals surface area contributed by atoms with Crippen LogP contribution < -0.4 is 21.3 Å². The van der Waals surface area contributed by atoms with Crippen molar-refractivity contribution in [3.05, 3.63) is 89.3 Å². The molecule has 0 aliphatic carbocycles. The second-order valence-electron chi connectivity index (χ2n) is 14.5. The van der Waals surface area contributed by atoms with Gasteiger partial charge in [-0.2, -0.15) is 0 Å². The minimum Gasteiger partial charge on any atom is -0.370 e. The van der Waals surface area contributed by atoms with Crippen molar-refractivity contribution in [1.29, 1.82) is 0 Å². The molecule has 4 aliphatic heterocycles. The molecule has 14 nitrogen and oxygen atoms in total. The SMILES string of the molecule is N[C@]1(CN2CCC(c3ccc(Nc4nc(-c5nccs5)cn5ccnc45)cc3)CC2)CCN(c2ccc3c(c2)C(=O)N([C@H]2CCC(=O)NC2=O)C3=O)C1. The van der Waals surface area contributed by atoms with Crippen LogP contribution in [0.1, 0.15) is 64.3 Å². The number of anilines is 3. The summed E-state index contributed by atoms with van der Waals surface area (Å²) < 4.78 is 1.96. The summed E-state index contributed by atoms with van der Waals surface area (Å²) in [6.45, 7) is 4.06. The number of rotatable bonds is 8. The van der Waals surface area contributed by atoms with Gasteiger partial charge < -0.3 is 25.3 Å². The van der Waals surface area contributed by atoms with Crippen molar-refractivity contribution in [2.75, 3.05) is 42.9 Å². The molecule has 5 aromatic rings. The topological polar surface area (TPSA) is 171 Å². The highest BCUT2D eigenvalue weighted by molar-refractivity contribution is 7.13. The molecule has 7 heterocycles. The van der Waals surface area contributed by atoms with Crippen molar-refractivity contribution in [3.63, 3.8) is 0 Å². The van der Waals surface area contributed by atoms with E-state index in [1.54, 1.807) is 35.9 Å². The number of thiazole rings is 1. The number of likely N-dealkylation sites (tertiary alicyclic amines) is 1. The van der Waals surface area contributed by atoms with Gasteiger partial charge in [0.15, 0.2) is 11.5 Å². The fourth-order valence-corrected chi connectivity index (χ4v) is 8.81. The first-order valence-electron chi connectivity index (χ1n) is 17.9. The van der Waals surface area contributed by atoms with E-state index < -0.39 is 35.2 Å². The number of fused-ring (bicyclic) bond motifs is 2. The Kier molecular flexibility index (Phi) is 8.28. The Morgan fingerprint density at radius 2 is 1.75 bits per heavy atom. The van der Waals surface area contributed by atoms with Crippen LogP contribution in [0.5, 0.6) is 0 Å². The fraction of sp³-hybridized carbons (Fsp3) is 0.342. The summed E-state index contributed by atoms with van der Waals surface area (Å²) in [4.78, 5) is 70.0. The summed E-state index contributed by atoms with van der Waals surface area (Å²) in [5.74, 6) is -0.865. The van der Waals surface area contributed by atoms with Crippen molar-refractivity contribution in [1.82, 2.24) is 34.5 Å². The van der Waals surface area contributed by atoms with Gasteiger partial charge in [0.1, 0.15) is 16.7 Å². The van der Waals surface area contributed by atoms with Gasteiger partial charge in [0.05, 0.1) is 11.1 Å². The lowest BCUT2D eigenvalue weighted by Gasteiger charge is -2.37. The molecule has 0 radical (unpaired) electrons. The molecule has 4 aliphatic rings. The summed E-state index contributed by atoms with van der Waals surface area (Å²) in [6, 6.07) is 12.9. The zero-order chi connectivity index (χ0) is 36.3. The first-order chi connectivity index (χ1) is 25.7. The van der Waals surface area contributed by atoms with Crippen LogP contribution in [0, 0.1) is 0 Å². The predicted octanol–water partition coefficient (Wildman–Crippen LogP) is 3.78. The molecule has 9 rings (SSSR count). The lowest BCUT2D eigenvalue weighted by Crippen LogP contribution is -2.54. The molecule has 2 aromatic carbocycles. The van der Waals surface area contributed by atoms with Gasteiger partial charge in [0.2, 0.25) is 11.8 Å². The number of nitrogens with two attached hydrogens (primary N) is 1. The fourth-order valence-electron chi connectivity index (χ4n) is 8.21. The molecule has 0 spiro atoms. The number of aromatic nitrogens is 4. The zero-order valence-corrected chi connectivity index (χ0v) is 29.7. The predicted molar refractivity (Wildman–Crippen MR) is 199 cm³/mol. The molecule has 3 saturated heterocycles. The van der Waals surface area contributed by atoms with E-state index in [2.05, 4.69) is 54.7 Å². The van der Waals surface area contributed by atoms with Crippen molar-refractivity contribution < 1.29 is 19.2 Å². The molecule has 2 atom stereocenters. The van der Waals surface area contributed by atoms with Crippen LogP contribution in [-0.4, -0.2) is 97.1 Å². The van der Waals surface area contributed by atoms with E-state index >= 15 is 0 Å². The number of piperidine rings is 2. The Labute approximate surface area is 309 Å². The van der Waals surface area contributed by atoms with Gasteiger partial charge in [-0.25, -0.2) is 15.0 Å². The van der Waals surface area contributed by atoms with Gasteiger partial charge in [0, 0.05) is 73.1 Å². The van der Waals surface area contributed by atoms with Gasteiger partial charge in [0.25, 0.3) is 11.8 Å². The Hall–Kier alpha value is -5.51. The maximum absolute atomic E-state index is 13.4. The monoisotopic (exact) mass is 730 g/mol. The number of hydrogen-bond donors (Lipinski definition) is 3. The lowest BCUT2D eigenvalue weighted by atomic mass is 9.88. The van der Waals surface area contributed by atoms with Crippen molar-refractivity contribution >= 4 is 57.8 Å². The van der Waals surface area contributed by atoms with Crippen LogP contribution in [0.3, 0.4) is 0 Å². The summed E-state index contributed by atoms with van der Waals surface area (Å²) in [6.07, 6.45) is 10.5. The molecule has 3 fully saturated rings. The minimum absolute atomic E-state index is 0.0871. The third kappa shape index (κ3) is 6.23. The van der Waals surface area contributed by atoms with Crippen LogP contribution in [-0.2, 0) is 9.59 Å². The number of imide groups is 2. The van der Waals surface area contributed by atoms with Crippen LogP contribution in [0.4, 0.5) is 17.2 Å². The summed E-state index contributed by atoms with van der Waals surface area (Å²) in [5.41, 5.74) is 11.8. The molecule has 3 aromatic heterocycles. The van der Waals surface area contributed by atoms with Crippen molar-refractivity contribution in [2.24, 2.45) is 5.73 Å². The minimum atomic E-state index is -0.984. The molecule has 0 bridgehead atoms. The van der Waals surface area contributed by atoms with Gasteiger partial charge in [-0.1, -0.05) is 12.1 Å². The van der Waals surface area contributed by atoms with E-state index in [1.165, 1.54) is 5.56 Å². The molecule has 270 valence electrons. The van der Waals surface area contributed by atoms with E-state index in [4.69, 9.17) is 10.7 Å². The molecule has 4 N–H and O–H groups in total. The van der Waals surface area contributed by atoms with Gasteiger partial charge in [-0.05, 0) is 80.6 Å². The second kappa shape index (κ2) is 13.2. The highest BCUT2D eigenvalue weighted by Crippen LogP contribution is 2.35. The number of carbonyl (C=O) groups is 4. The van der Waals surface area contributed by atoms with Crippen molar-refractivity contribution in [3.8, 4) is 10.7 Å². The number of nitrogens with one attached hydrogen (secondary N) is 2. The molecule has 15 heteroatoms. The van der Waals surface area contributed by atoms with Gasteiger partial charge in [-0.3, -0.25) is 29.4 Å². The molecule has 53 heavy (non-hydrogen) atoms. The van der Waals surface area contributed by atoms with E-state index in [9.17, 15) is 19.2 Å². The summed E-state index contributed by atoms with van der Waals surface area (Å²) in [5, 5.41) is 8.50. The third-order valence-electron chi connectivity index (χ3n) is 11.0. The average molecular weight is 731 g/mol. The Balaban J connectivity index is 0.800. The average Bonchev–Trinajstić information content (AvgIpc) is 3.98. The van der Waals surface area contributed by atoms with E-state index in [0.29, 0.717) is 18.3 Å². The normalized spacial score (nSPS) is 22.5. The highest BCUT2D eigenvalue weighted by Gasteiger charge is 2.45. The Bertz CT molecular complexity index is 2250. The molecule has 4 amide bonds. The number of benzene rings is 2. The van der Waals surface area contributed by atoms with Crippen LogP contribution in [0.15, 0.2) is 72.6 Å². The highest BCUT2D eigenvalue weighted by atomic mass is 32.1. The van der Waals surface area contributed by atoms with E-state index in [1.807, 2.05) is 28.2 Å². The van der Waals surface area contributed by atoms with Gasteiger partial charge in [-0.15, -0.1) is 11.3 Å². The standard InChI is InChI=1S/C38H38N10O4S/c39-38(11-16-47(22-38)26-5-6-27-28(19-26)37(52)48(36(27)51)30-7-8-31(49)44-34(30)50)21-45-14-9-24(10-15-45)23-1-3-25(4-2-23)42-32-33-40-12-17-46(33)20-29(43-32)35-41-13-18-53-35/h1-6,12-13,17-20,24,30H,7-11,14-16,21-22,39H2,(H,42,43)(H,44,49,50)/t30-,38-/m0/s1. The van der Waals surface area contributed by atoms with Crippen molar-refractivity contribution in [2.45, 2.75) is 49.6 Å². The number of nitrogens with zero attached hydrogens (tertiary/aromatic N) is 7. The number of hydrogen-bond acceptors (Lipinski definition) is 12. The van der Waals surface area contributed by atoms with Crippen LogP contribution >= 0.6 is 11.3 Å². The maximum atomic E-state index is 13.4. The second-order valence-corrected chi connectivity index (χ2v) is 15.4. The first kappa shape index (κ1) is 33.3. The number of imidazole rings is 1. The Morgan fingerprint density at radius 1 is 0.943 bits per heavy atom. The smallest absolute Gasteiger partial charge is 0.262 e. The summed E-state index contributed by atoms with van der Waals surface area (Å²) >= 11 is 1.55. The van der Waals surface area contributed by atoms with E-state index in [0.717, 1.165) is 78.1 Å². The first-order valence-corrected chi connectivity index (χ1v) is 18.8. The number of carbonyl (C=O) groups excluding carboxylic acids is 4. The molecule has 0 unspecified atom stereocenters. The Morgan fingerprint density at radius 3 is 2.53 bits per heavy atom. The van der Waals surface area contributed by atoms with Crippen LogP contribution in [0.2, 0.25) is 0 Å². The number of amides is 4. The van der Waals surface area contributed by atoms with Crippen LogP contribution in [0.25, 0.3) is 16.3 Å². The molecular weight excluding hydrogens is 693 g/mol. The third-order valence-corrected chi connectivity index (χ3v) is 11.8. The zero-order valence-electron chi connectivity index (χ0n) is 28.9. The lowest BCUT2D eigenvalue weighted by molar-refractivity contribution is -0.136. The molecular formula is C38H38N10O4S. The van der Waals surface area contributed by atoms with Gasteiger partial charge >= 0.3 is 0 Å². The summed E-state index contributed by atoms with van der Waals surface area (Å²) in [7, 11) is 0.